The van der Waals surface area contributed by atoms with Crippen LogP contribution in [0.3, 0.4) is 0 Å². The topological polar surface area (TPSA) is 116 Å². The molecule has 136 valence electrons. The van der Waals surface area contributed by atoms with E-state index >= 15 is 0 Å². The van der Waals surface area contributed by atoms with Crippen LogP contribution in [0.2, 0.25) is 0 Å². The number of benzene rings is 1. The molecule has 0 spiro atoms. The van der Waals surface area contributed by atoms with E-state index in [0.717, 1.165) is 0 Å². The molecule has 27 heavy (non-hydrogen) atoms. The molecule has 1 atom stereocenters. The molecule has 3 aromatic rings. The average molecular weight is 366 g/mol. The number of nitrogens with one attached hydrogen (secondary N) is 1. The quantitative estimate of drug-likeness (QED) is 0.724. The lowest BCUT2D eigenvalue weighted by Gasteiger charge is -2.26. The molecule has 3 heterocycles. The molecule has 0 fully saturated rings. The third kappa shape index (κ3) is 3.03. The molecule has 0 radical (unpaired) electrons. The van der Waals surface area contributed by atoms with Crippen LogP contribution in [-0.2, 0) is 6.42 Å². The molecule has 1 aliphatic rings. The highest BCUT2D eigenvalue weighted by atomic mass is 19.1. The van der Waals surface area contributed by atoms with Gasteiger partial charge in [0.05, 0.1) is 24.4 Å². The summed E-state index contributed by atoms with van der Waals surface area (Å²) in [5.74, 6) is -0.395. The van der Waals surface area contributed by atoms with Gasteiger partial charge < -0.3 is 15.8 Å². The number of aromatic nitrogens is 4. The average Bonchev–Trinajstić information content (AvgIpc) is 2.67. The van der Waals surface area contributed by atoms with Crippen molar-refractivity contribution in [2.45, 2.75) is 12.5 Å². The van der Waals surface area contributed by atoms with Gasteiger partial charge in [-0.15, -0.1) is 0 Å². The van der Waals surface area contributed by atoms with Crippen molar-refractivity contribution in [3.05, 3.63) is 59.4 Å². The second-order valence-electron chi connectivity index (χ2n) is 5.96. The summed E-state index contributed by atoms with van der Waals surface area (Å²) < 4.78 is 19.2. The summed E-state index contributed by atoms with van der Waals surface area (Å²) >= 11 is 0. The second kappa shape index (κ2) is 6.60. The van der Waals surface area contributed by atoms with Crippen LogP contribution in [0.4, 0.5) is 10.3 Å². The molecule has 2 aromatic heterocycles. The Morgan fingerprint density at radius 1 is 1.22 bits per heavy atom. The lowest BCUT2D eigenvalue weighted by molar-refractivity contribution is 0.0923. The van der Waals surface area contributed by atoms with Crippen LogP contribution >= 0.6 is 0 Å². The highest BCUT2D eigenvalue weighted by Gasteiger charge is 2.29. The zero-order valence-corrected chi connectivity index (χ0v) is 14.3. The molecular formula is C18H15FN6O2. The van der Waals surface area contributed by atoms with E-state index in [1.54, 1.807) is 6.07 Å². The molecule has 0 saturated carbocycles. The van der Waals surface area contributed by atoms with E-state index in [4.69, 9.17) is 10.5 Å². The lowest BCUT2D eigenvalue weighted by Crippen LogP contribution is -2.36. The van der Waals surface area contributed by atoms with Crippen LogP contribution in [0, 0.1) is 5.82 Å². The number of carbonyl (C=O) groups excluding carboxylic acids is 1. The maximum Gasteiger partial charge on any atom is 0.255 e. The summed E-state index contributed by atoms with van der Waals surface area (Å²) in [4.78, 5) is 28.9. The maximum atomic E-state index is 14.0. The first-order valence-electron chi connectivity index (χ1n) is 8.14. The molecule has 0 aliphatic carbocycles. The first-order valence-corrected chi connectivity index (χ1v) is 8.14. The van der Waals surface area contributed by atoms with Crippen molar-refractivity contribution in [3.8, 4) is 17.1 Å². The summed E-state index contributed by atoms with van der Waals surface area (Å²) in [6.45, 7) is 0. The van der Waals surface area contributed by atoms with Crippen LogP contribution in [0.15, 0.2) is 36.8 Å². The number of amides is 1. The normalized spacial score (nSPS) is 15.8. The van der Waals surface area contributed by atoms with Crippen LogP contribution < -0.4 is 15.8 Å². The third-order valence-corrected chi connectivity index (χ3v) is 4.34. The highest BCUT2D eigenvalue weighted by Crippen LogP contribution is 2.35. The van der Waals surface area contributed by atoms with Crippen LogP contribution in [-0.4, -0.2) is 33.0 Å². The number of carbonyl (C=O) groups is 1. The van der Waals surface area contributed by atoms with Gasteiger partial charge in [0, 0.05) is 30.6 Å². The van der Waals surface area contributed by atoms with E-state index in [-0.39, 0.29) is 17.7 Å². The largest absolute Gasteiger partial charge is 0.479 e. The summed E-state index contributed by atoms with van der Waals surface area (Å²) in [7, 11) is 1.46. The Balaban J connectivity index is 1.83. The Labute approximate surface area is 153 Å². The SMILES string of the molecule is COc1nccnc1-c1cc(F)ccc1[C@H]1Cc2nc(N)ncc2C(=O)N1. The van der Waals surface area contributed by atoms with Gasteiger partial charge in [0.1, 0.15) is 11.5 Å². The molecule has 0 bridgehead atoms. The van der Waals surface area contributed by atoms with E-state index in [1.165, 1.54) is 37.8 Å². The molecule has 8 nitrogen and oxygen atoms in total. The molecule has 1 aliphatic heterocycles. The van der Waals surface area contributed by atoms with Gasteiger partial charge >= 0.3 is 0 Å². The molecule has 0 saturated heterocycles. The van der Waals surface area contributed by atoms with E-state index < -0.39 is 11.9 Å². The molecule has 1 aromatic carbocycles. The minimum atomic E-state index is -0.443. The summed E-state index contributed by atoms with van der Waals surface area (Å²) in [5.41, 5.74) is 8.11. The van der Waals surface area contributed by atoms with Crippen molar-refractivity contribution in [2.24, 2.45) is 0 Å². The summed E-state index contributed by atoms with van der Waals surface area (Å²) in [6.07, 6.45) is 4.77. The smallest absolute Gasteiger partial charge is 0.255 e. The number of halogens is 1. The number of nitrogens with zero attached hydrogens (tertiary/aromatic N) is 4. The van der Waals surface area contributed by atoms with Gasteiger partial charge in [-0.2, -0.15) is 0 Å². The fourth-order valence-corrected chi connectivity index (χ4v) is 3.14. The van der Waals surface area contributed by atoms with Crippen molar-refractivity contribution >= 4 is 11.9 Å². The van der Waals surface area contributed by atoms with Crippen LogP contribution in [0.5, 0.6) is 5.88 Å². The number of anilines is 1. The number of methoxy groups -OCH3 is 1. The van der Waals surface area contributed by atoms with Gasteiger partial charge in [0.25, 0.3) is 5.91 Å². The molecule has 3 N–H and O–H groups in total. The van der Waals surface area contributed by atoms with Gasteiger partial charge in [-0.3, -0.25) is 4.79 Å². The zero-order valence-electron chi connectivity index (χ0n) is 14.3. The molecular weight excluding hydrogens is 351 g/mol. The van der Waals surface area contributed by atoms with Gasteiger partial charge in [-0.25, -0.2) is 24.3 Å². The zero-order chi connectivity index (χ0) is 19.0. The Morgan fingerprint density at radius 3 is 2.85 bits per heavy atom. The van der Waals surface area contributed by atoms with E-state index in [9.17, 15) is 9.18 Å². The summed E-state index contributed by atoms with van der Waals surface area (Å²) in [5, 5.41) is 2.90. The first kappa shape index (κ1) is 16.8. The van der Waals surface area contributed by atoms with E-state index in [1.807, 2.05) is 0 Å². The number of rotatable bonds is 3. The van der Waals surface area contributed by atoms with E-state index in [0.29, 0.717) is 34.5 Å². The van der Waals surface area contributed by atoms with Crippen molar-refractivity contribution in [1.29, 1.82) is 0 Å². The van der Waals surface area contributed by atoms with Crippen molar-refractivity contribution in [2.75, 3.05) is 12.8 Å². The number of nitrogens with two attached hydrogens (primary N) is 1. The number of ether oxygens (including phenoxy) is 1. The number of fused-ring (bicyclic) bond motifs is 1. The molecule has 9 heteroatoms. The number of hydrogen-bond donors (Lipinski definition) is 2. The standard InChI is InChI=1S/C18H15FN6O2/c1-27-17-15(21-4-5-22-17)11-6-9(19)2-3-10(11)13-7-14-12(16(26)24-13)8-23-18(20)25-14/h2-6,8,13H,7H2,1H3,(H,24,26)(H2,20,23,25)/t13-/m1/s1. The van der Waals surface area contributed by atoms with Crippen LogP contribution in [0.1, 0.15) is 27.7 Å². The highest BCUT2D eigenvalue weighted by molar-refractivity contribution is 5.96. The Hall–Kier alpha value is -3.62. The minimum Gasteiger partial charge on any atom is -0.479 e. The fourth-order valence-electron chi connectivity index (χ4n) is 3.14. The van der Waals surface area contributed by atoms with E-state index in [2.05, 4.69) is 25.3 Å². The Kier molecular flexibility index (Phi) is 4.11. The van der Waals surface area contributed by atoms with Crippen molar-refractivity contribution in [3.63, 3.8) is 0 Å². The van der Waals surface area contributed by atoms with Crippen molar-refractivity contribution < 1.29 is 13.9 Å². The van der Waals surface area contributed by atoms with Gasteiger partial charge in [-0.1, -0.05) is 6.07 Å². The van der Waals surface area contributed by atoms with Gasteiger partial charge in [-0.05, 0) is 17.7 Å². The molecule has 1 amide bonds. The van der Waals surface area contributed by atoms with Gasteiger partial charge in [0.15, 0.2) is 0 Å². The Morgan fingerprint density at radius 2 is 2.04 bits per heavy atom. The minimum absolute atomic E-state index is 0.0946. The fraction of sp³-hybridized carbons (Fsp3) is 0.167. The van der Waals surface area contributed by atoms with Crippen LogP contribution in [0.25, 0.3) is 11.3 Å². The molecule has 0 unspecified atom stereocenters. The summed E-state index contributed by atoms with van der Waals surface area (Å²) in [6, 6.07) is 3.84. The number of hydrogen-bond acceptors (Lipinski definition) is 7. The molecule has 4 rings (SSSR count). The Bertz CT molecular complexity index is 1040. The predicted molar refractivity (Wildman–Crippen MR) is 94.3 cm³/mol. The van der Waals surface area contributed by atoms with Crippen molar-refractivity contribution in [1.82, 2.24) is 25.3 Å². The number of nitrogen functional groups attached to an aromatic ring is 1. The first-order chi connectivity index (χ1) is 13.1. The predicted octanol–water partition coefficient (Wildman–Crippen LogP) is 1.69. The second-order valence-corrected chi connectivity index (χ2v) is 5.96. The maximum absolute atomic E-state index is 14.0. The lowest BCUT2D eigenvalue weighted by atomic mass is 9.91. The van der Waals surface area contributed by atoms with Gasteiger partial charge in [0.2, 0.25) is 11.8 Å². The monoisotopic (exact) mass is 366 g/mol. The third-order valence-electron chi connectivity index (χ3n) is 4.34.